The Labute approximate surface area is 133 Å². The summed E-state index contributed by atoms with van der Waals surface area (Å²) in [4.78, 5) is 36.8. The van der Waals surface area contributed by atoms with E-state index in [4.69, 9.17) is 10.5 Å². The summed E-state index contributed by atoms with van der Waals surface area (Å²) in [7, 11) is 0. The maximum Gasteiger partial charge on any atom is 0.318 e. The highest BCUT2D eigenvalue weighted by Crippen LogP contribution is 2.19. The third kappa shape index (κ3) is 4.57. The summed E-state index contributed by atoms with van der Waals surface area (Å²) in [6, 6.07) is 6.96. The van der Waals surface area contributed by atoms with Crippen LogP contribution in [0.25, 0.3) is 10.9 Å². The average molecular weight is 317 g/mol. The van der Waals surface area contributed by atoms with Crippen molar-refractivity contribution in [3.05, 3.63) is 36.0 Å². The lowest BCUT2D eigenvalue weighted by Gasteiger charge is -2.11. The minimum Gasteiger partial charge on any atom is -0.453 e. The molecule has 7 heteroatoms. The number of hydrogen-bond acceptors (Lipinski definition) is 4. The fourth-order valence-electron chi connectivity index (χ4n) is 2.29. The van der Waals surface area contributed by atoms with E-state index < -0.39 is 24.0 Å². The minimum atomic E-state index is -1.05. The van der Waals surface area contributed by atoms with E-state index in [1.54, 1.807) is 0 Å². The maximum atomic E-state index is 11.7. The standard InChI is InChI=1S/C16H19N3O4/c1-10(15(21)19-16(17)22)23-14(20)8-4-5-11-9-18-13-7-3-2-6-12(11)13/h2-3,6-7,9-10,18H,4-5,8H2,1H3,(H3,17,19,21,22). The van der Waals surface area contributed by atoms with Crippen LogP contribution in [-0.4, -0.2) is 29.0 Å². The van der Waals surface area contributed by atoms with Crippen LogP contribution in [0.5, 0.6) is 0 Å². The lowest BCUT2D eigenvalue weighted by Crippen LogP contribution is -2.42. The van der Waals surface area contributed by atoms with Gasteiger partial charge in [0.1, 0.15) is 0 Å². The van der Waals surface area contributed by atoms with Crippen LogP contribution in [0, 0.1) is 0 Å². The first-order chi connectivity index (χ1) is 11.0. The number of imide groups is 1. The second-order valence-corrected chi connectivity index (χ2v) is 5.20. The van der Waals surface area contributed by atoms with Gasteiger partial charge in [-0.25, -0.2) is 4.79 Å². The van der Waals surface area contributed by atoms with Crippen LogP contribution in [0.1, 0.15) is 25.3 Å². The van der Waals surface area contributed by atoms with Crippen molar-refractivity contribution in [3.8, 4) is 0 Å². The minimum absolute atomic E-state index is 0.188. The summed E-state index contributed by atoms with van der Waals surface area (Å²) in [6.45, 7) is 1.38. The van der Waals surface area contributed by atoms with Crippen molar-refractivity contribution < 1.29 is 19.1 Å². The lowest BCUT2D eigenvalue weighted by atomic mass is 10.1. The first kappa shape index (κ1) is 16.5. The molecule has 0 saturated carbocycles. The van der Waals surface area contributed by atoms with E-state index in [2.05, 4.69) is 4.98 Å². The third-order valence-electron chi connectivity index (χ3n) is 3.43. The molecule has 1 aromatic heterocycles. The van der Waals surface area contributed by atoms with Gasteiger partial charge in [-0.1, -0.05) is 18.2 Å². The molecule has 4 N–H and O–H groups in total. The Kier molecular flexibility index (Phi) is 5.35. The first-order valence-corrected chi connectivity index (χ1v) is 7.32. The number of fused-ring (bicyclic) bond motifs is 1. The summed E-state index contributed by atoms with van der Waals surface area (Å²) in [5.41, 5.74) is 7.02. The lowest BCUT2D eigenvalue weighted by molar-refractivity contribution is -0.154. The van der Waals surface area contributed by atoms with Crippen LogP contribution in [0.15, 0.2) is 30.5 Å². The van der Waals surface area contributed by atoms with Gasteiger partial charge in [0.25, 0.3) is 5.91 Å². The largest absolute Gasteiger partial charge is 0.453 e. The monoisotopic (exact) mass is 317 g/mol. The fourth-order valence-corrected chi connectivity index (χ4v) is 2.29. The molecule has 23 heavy (non-hydrogen) atoms. The molecule has 0 bridgehead atoms. The predicted octanol–water partition coefficient (Wildman–Crippen LogP) is 1.62. The highest BCUT2D eigenvalue weighted by atomic mass is 16.5. The Balaban J connectivity index is 1.78. The van der Waals surface area contributed by atoms with E-state index >= 15 is 0 Å². The number of para-hydroxylation sites is 1. The fraction of sp³-hybridized carbons (Fsp3) is 0.312. The van der Waals surface area contributed by atoms with Gasteiger partial charge in [-0.05, 0) is 31.4 Å². The number of aromatic nitrogens is 1. The highest BCUT2D eigenvalue weighted by Gasteiger charge is 2.18. The van der Waals surface area contributed by atoms with Crippen molar-refractivity contribution in [2.24, 2.45) is 5.73 Å². The molecule has 122 valence electrons. The van der Waals surface area contributed by atoms with Crippen molar-refractivity contribution in [1.29, 1.82) is 0 Å². The second kappa shape index (κ2) is 7.44. The Hall–Kier alpha value is -2.83. The SMILES string of the molecule is CC(OC(=O)CCCc1c[nH]c2ccccc12)C(=O)NC(N)=O. The number of carbonyl (C=O) groups excluding carboxylic acids is 3. The summed E-state index contributed by atoms with van der Waals surface area (Å²) < 4.78 is 4.95. The normalized spacial score (nSPS) is 11.9. The van der Waals surface area contributed by atoms with Gasteiger partial charge in [0.15, 0.2) is 6.10 Å². The topological polar surface area (TPSA) is 114 Å². The van der Waals surface area contributed by atoms with Crippen molar-refractivity contribution in [3.63, 3.8) is 0 Å². The predicted molar refractivity (Wildman–Crippen MR) is 84.5 cm³/mol. The van der Waals surface area contributed by atoms with Crippen LogP contribution < -0.4 is 11.1 Å². The first-order valence-electron chi connectivity index (χ1n) is 7.32. The molecule has 0 aliphatic heterocycles. The zero-order valence-electron chi connectivity index (χ0n) is 12.8. The van der Waals surface area contributed by atoms with Gasteiger partial charge in [-0.3, -0.25) is 14.9 Å². The van der Waals surface area contributed by atoms with Gasteiger partial charge >= 0.3 is 12.0 Å². The van der Waals surface area contributed by atoms with E-state index in [1.165, 1.54) is 6.92 Å². The van der Waals surface area contributed by atoms with Crippen LogP contribution in [0.4, 0.5) is 4.79 Å². The van der Waals surface area contributed by atoms with Crippen LogP contribution in [0.3, 0.4) is 0 Å². The number of nitrogens with one attached hydrogen (secondary N) is 2. The summed E-state index contributed by atoms with van der Waals surface area (Å²) in [6.07, 6.45) is 2.39. The molecule has 0 fully saturated rings. The van der Waals surface area contributed by atoms with Gasteiger partial charge in [0.2, 0.25) is 0 Å². The number of benzene rings is 1. The molecule has 1 atom stereocenters. The Morgan fingerprint density at radius 3 is 2.78 bits per heavy atom. The van der Waals surface area contributed by atoms with Crippen molar-refractivity contribution in [2.45, 2.75) is 32.3 Å². The smallest absolute Gasteiger partial charge is 0.318 e. The molecular weight excluding hydrogens is 298 g/mol. The number of esters is 1. The Morgan fingerprint density at radius 1 is 1.30 bits per heavy atom. The average Bonchev–Trinajstić information content (AvgIpc) is 2.90. The zero-order chi connectivity index (χ0) is 16.8. The van der Waals surface area contributed by atoms with Crippen LogP contribution in [0.2, 0.25) is 0 Å². The number of nitrogens with two attached hydrogens (primary N) is 1. The number of urea groups is 1. The number of aryl methyl sites for hydroxylation is 1. The second-order valence-electron chi connectivity index (χ2n) is 5.20. The maximum absolute atomic E-state index is 11.7. The highest BCUT2D eigenvalue weighted by molar-refractivity contribution is 5.96. The number of primary amides is 1. The van der Waals surface area contributed by atoms with Crippen molar-refractivity contribution >= 4 is 28.8 Å². The molecule has 1 aromatic carbocycles. The van der Waals surface area contributed by atoms with Gasteiger partial charge in [-0.2, -0.15) is 0 Å². The summed E-state index contributed by atoms with van der Waals surface area (Å²) >= 11 is 0. The molecule has 3 amide bonds. The van der Waals surface area contributed by atoms with E-state index in [9.17, 15) is 14.4 Å². The number of carbonyl (C=O) groups is 3. The van der Waals surface area contributed by atoms with E-state index in [0.29, 0.717) is 6.42 Å². The molecule has 1 unspecified atom stereocenters. The summed E-state index contributed by atoms with van der Waals surface area (Å²) in [5, 5.41) is 3.00. The molecule has 7 nitrogen and oxygen atoms in total. The molecule has 1 heterocycles. The van der Waals surface area contributed by atoms with Crippen molar-refractivity contribution in [2.75, 3.05) is 0 Å². The van der Waals surface area contributed by atoms with E-state index in [1.807, 2.05) is 35.8 Å². The molecule has 2 aromatic rings. The Bertz CT molecular complexity index is 723. The molecule has 0 saturated heterocycles. The van der Waals surface area contributed by atoms with Gasteiger partial charge < -0.3 is 15.5 Å². The molecule has 0 radical (unpaired) electrons. The van der Waals surface area contributed by atoms with E-state index in [-0.39, 0.29) is 6.42 Å². The molecule has 2 rings (SSSR count). The Morgan fingerprint density at radius 2 is 2.04 bits per heavy atom. The number of aromatic amines is 1. The van der Waals surface area contributed by atoms with Gasteiger partial charge in [-0.15, -0.1) is 0 Å². The van der Waals surface area contributed by atoms with Gasteiger partial charge in [0.05, 0.1) is 0 Å². The van der Waals surface area contributed by atoms with Crippen LogP contribution in [-0.2, 0) is 20.7 Å². The number of hydrogen-bond donors (Lipinski definition) is 3. The quantitative estimate of drug-likeness (QED) is 0.702. The molecular formula is C16H19N3O4. The molecule has 0 aliphatic carbocycles. The van der Waals surface area contributed by atoms with Crippen molar-refractivity contribution in [1.82, 2.24) is 10.3 Å². The third-order valence-corrected chi connectivity index (χ3v) is 3.43. The number of ether oxygens (including phenoxy) is 1. The molecule has 0 spiro atoms. The number of rotatable bonds is 6. The summed E-state index contributed by atoms with van der Waals surface area (Å²) in [5.74, 6) is -1.22. The molecule has 0 aliphatic rings. The van der Waals surface area contributed by atoms with E-state index in [0.717, 1.165) is 22.9 Å². The zero-order valence-corrected chi connectivity index (χ0v) is 12.8. The van der Waals surface area contributed by atoms with Gasteiger partial charge in [0, 0.05) is 23.5 Å². The van der Waals surface area contributed by atoms with Crippen LogP contribution >= 0.6 is 0 Å². The number of H-pyrrole nitrogens is 1. The number of amides is 3.